The van der Waals surface area contributed by atoms with Gasteiger partial charge in [-0.2, -0.15) is 0 Å². The zero-order valence-corrected chi connectivity index (χ0v) is 7.79. The molecule has 1 aliphatic rings. The Kier molecular flexibility index (Phi) is 2.22. The Morgan fingerprint density at radius 1 is 1.54 bits per heavy atom. The molecule has 1 heterocycles. The fourth-order valence-corrected chi connectivity index (χ4v) is 1.12. The maximum atomic E-state index is 5.62. The zero-order valence-electron chi connectivity index (χ0n) is 7.03. The summed E-state index contributed by atoms with van der Waals surface area (Å²) in [6.45, 7) is 0.681. The number of rotatable bonds is 3. The van der Waals surface area contributed by atoms with Crippen molar-refractivity contribution >= 4 is 17.3 Å². The first-order valence-corrected chi connectivity index (χ1v) is 4.55. The van der Waals surface area contributed by atoms with Gasteiger partial charge in [0.1, 0.15) is 0 Å². The normalized spacial score (nSPS) is 15.8. The molecule has 1 aromatic heterocycles. The molecule has 1 aromatic rings. The van der Waals surface area contributed by atoms with E-state index in [0.29, 0.717) is 24.1 Å². The van der Waals surface area contributed by atoms with Gasteiger partial charge in [0.25, 0.3) is 5.88 Å². The number of anilines is 1. The van der Waals surface area contributed by atoms with Crippen LogP contribution in [-0.4, -0.2) is 16.8 Å². The van der Waals surface area contributed by atoms with Crippen LogP contribution >= 0.6 is 11.6 Å². The largest absolute Gasteiger partial charge is 0.475 e. The molecule has 1 fully saturated rings. The van der Waals surface area contributed by atoms with Crippen LogP contribution in [0.25, 0.3) is 0 Å². The van der Waals surface area contributed by atoms with E-state index in [1.165, 1.54) is 18.9 Å². The van der Waals surface area contributed by atoms with Crippen molar-refractivity contribution in [1.29, 1.82) is 0 Å². The van der Waals surface area contributed by atoms with Crippen LogP contribution in [-0.2, 0) is 0 Å². The minimum atomic E-state index is 0.288. The highest BCUT2D eigenvalue weighted by Crippen LogP contribution is 2.30. The predicted octanol–water partition coefficient (Wildman–Crippen LogP) is 1.50. The summed E-state index contributed by atoms with van der Waals surface area (Å²) in [7, 11) is 0. The molecular formula is C8H10ClN3O. The predicted molar refractivity (Wildman–Crippen MR) is 49.7 cm³/mol. The smallest absolute Gasteiger partial charge is 0.256 e. The first kappa shape index (κ1) is 8.56. The standard InChI is InChI=1S/C8H10ClN3O/c9-7-3-6(10)8(12-11-7)13-4-5-1-2-5/h3,5H,1-2,4H2,(H2,10,11). The molecule has 0 amide bonds. The van der Waals surface area contributed by atoms with Crippen molar-refractivity contribution in [2.75, 3.05) is 12.3 Å². The fraction of sp³-hybridized carbons (Fsp3) is 0.500. The van der Waals surface area contributed by atoms with Crippen molar-refractivity contribution in [3.8, 4) is 5.88 Å². The molecule has 0 spiro atoms. The van der Waals surface area contributed by atoms with Gasteiger partial charge in [-0.3, -0.25) is 0 Å². The highest BCUT2D eigenvalue weighted by atomic mass is 35.5. The van der Waals surface area contributed by atoms with E-state index < -0.39 is 0 Å². The molecule has 0 radical (unpaired) electrons. The molecule has 0 bridgehead atoms. The second-order valence-electron chi connectivity index (χ2n) is 3.18. The van der Waals surface area contributed by atoms with Gasteiger partial charge in [0.2, 0.25) is 0 Å². The minimum Gasteiger partial charge on any atom is -0.475 e. The Labute approximate surface area is 81.0 Å². The van der Waals surface area contributed by atoms with Gasteiger partial charge in [-0.05, 0) is 18.8 Å². The molecule has 0 saturated heterocycles. The van der Waals surface area contributed by atoms with Gasteiger partial charge in [0.05, 0.1) is 12.3 Å². The third-order valence-corrected chi connectivity index (χ3v) is 2.10. The topological polar surface area (TPSA) is 61.0 Å². The van der Waals surface area contributed by atoms with Crippen molar-refractivity contribution in [3.05, 3.63) is 11.2 Å². The molecule has 0 aromatic carbocycles. The van der Waals surface area contributed by atoms with Crippen LogP contribution in [0.2, 0.25) is 5.15 Å². The van der Waals surface area contributed by atoms with E-state index in [4.69, 9.17) is 22.1 Å². The van der Waals surface area contributed by atoms with Crippen LogP contribution < -0.4 is 10.5 Å². The van der Waals surface area contributed by atoms with Crippen molar-refractivity contribution in [2.45, 2.75) is 12.8 Å². The highest BCUT2D eigenvalue weighted by Gasteiger charge is 2.22. The second-order valence-corrected chi connectivity index (χ2v) is 3.57. The van der Waals surface area contributed by atoms with Crippen LogP contribution in [0, 0.1) is 5.92 Å². The summed E-state index contributed by atoms with van der Waals surface area (Å²) in [5, 5.41) is 7.69. The molecule has 1 saturated carbocycles. The third kappa shape index (κ3) is 2.21. The lowest BCUT2D eigenvalue weighted by Gasteiger charge is -2.05. The molecule has 5 heteroatoms. The van der Waals surface area contributed by atoms with E-state index in [-0.39, 0.29) is 5.15 Å². The lowest BCUT2D eigenvalue weighted by Crippen LogP contribution is -2.04. The van der Waals surface area contributed by atoms with Gasteiger partial charge >= 0.3 is 0 Å². The lowest BCUT2D eigenvalue weighted by molar-refractivity contribution is 0.287. The summed E-state index contributed by atoms with van der Waals surface area (Å²) < 4.78 is 5.36. The zero-order chi connectivity index (χ0) is 9.26. The number of aromatic nitrogens is 2. The van der Waals surface area contributed by atoms with Crippen molar-refractivity contribution < 1.29 is 4.74 Å². The van der Waals surface area contributed by atoms with Crippen LogP contribution in [0.5, 0.6) is 5.88 Å². The van der Waals surface area contributed by atoms with E-state index in [9.17, 15) is 0 Å². The van der Waals surface area contributed by atoms with Crippen molar-refractivity contribution in [2.24, 2.45) is 5.92 Å². The Morgan fingerprint density at radius 2 is 2.31 bits per heavy atom. The van der Waals surface area contributed by atoms with Crippen LogP contribution in [0.1, 0.15) is 12.8 Å². The highest BCUT2D eigenvalue weighted by molar-refractivity contribution is 6.29. The quantitative estimate of drug-likeness (QED) is 0.802. The monoisotopic (exact) mass is 199 g/mol. The number of hydrogen-bond acceptors (Lipinski definition) is 4. The number of nitrogens with two attached hydrogens (primary N) is 1. The Bertz CT molecular complexity index is 314. The molecule has 0 atom stereocenters. The average molecular weight is 200 g/mol. The Hall–Kier alpha value is -1.03. The molecule has 0 aliphatic heterocycles. The first-order chi connectivity index (χ1) is 6.25. The second kappa shape index (κ2) is 3.38. The van der Waals surface area contributed by atoms with Gasteiger partial charge in [-0.15, -0.1) is 10.2 Å². The molecular weight excluding hydrogens is 190 g/mol. The van der Waals surface area contributed by atoms with Crippen LogP contribution in [0.4, 0.5) is 5.69 Å². The van der Waals surface area contributed by atoms with E-state index >= 15 is 0 Å². The summed E-state index contributed by atoms with van der Waals surface area (Å²) >= 11 is 5.58. The molecule has 4 nitrogen and oxygen atoms in total. The molecule has 2 rings (SSSR count). The summed E-state index contributed by atoms with van der Waals surface area (Å²) in [6, 6.07) is 1.54. The summed E-state index contributed by atoms with van der Waals surface area (Å²) in [4.78, 5) is 0. The molecule has 1 aliphatic carbocycles. The number of nitrogen functional groups attached to an aromatic ring is 1. The van der Waals surface area contributed by atoms with E-state index in [0.717, 1.165) is 0 Å². The summed E-state index contributed by atoms with van der Waals surface area (Å²) in [5.74, 6) is 1.06. The SMILES string of the molecule is Nc1cc(Cl)nnc1OCC1CC1. The maximum absolute atomic E-state index is 5.62. The van der Waals surface area contributed by atoms with Crippen molar-refractivity contribution in [1.82, 2.24) is 10.2 Å². The number of nitrogens with zero attached hydrogens (tertiary/aromatic N) is 2. The van der Waals surface area contributed by atoms with E-state index in [1.807, 2.05) is 0 Å². The Morgan fingerprint density at radius 3 is 2.92 bits per heavy atom. The van der Waals surface area contributed by atoms with Crippen LogP contribution in [0.3, 0.4) is 0 Å². The first-order valence-electron chi connectivity index (χ1n) is 4.17. The number of hydrogen-bond donors (Lipinski definition) is 1. The average Bonchev–Trinajstić information content (AvgIpc) is 2.86. The number of ether oxygens (including phenoxy) is 1. The summed E-state index contributed by atoms with van der Waals surface area (Å²) in [6.07, 6.45) is 2.47. The van der Waals surface area contributed by atoms with E-state index in [2.05, 4.69) is 10.2 Å². The number of halogens is 1. The maximum Gasteiger partial charge on any atom is 0.256 e. The molecule has 70 valence electrons. The third-order valence-electron chi connectivity index (χ3n) is 1.91. The van der Waals surface area contributed by atoms with Gasteiger partial charge < -0.3 is 10.5 Å². The van der Waals surface area contributed by atoms with Crippen LogP contribution in [0.15, 0.2) is 6.07 Å². The van der Waals surface area contributed by atoms with Crippen molar-refractivity contribution in [3.63, 3.8) is 0 Å². The minimum absolute atomic E-state index is 0.288. The fourth-order valence-electron chi connectivity index (χ4n) is 0.963. The van der Waals surface area contributed by atoms with Gasteiger partial charge in [0, 0.05) is 6.07 Å². The Balaban J connectivity index is 2.01. The van der Waals surface area contributed by atoms with Gasteiger partial charge in [0.15, 0.2) is 5.15 Å². The van der Waals surface area contributed by atoms with Gasteiger partial charge in [-0.25, -0.2) is 0 Å². The summed E-state index contributed by atoms with van der Waals surface area (Å²) in [5.41, 5.74) is 6.06. The van der Waals surface area contributed by atoms with E-state index in [1.54, 1.807) is 0 Å². The molecule has 2 N–H and O–H groups in total. The molecule has 13 heavy (non-hydrogen) atoms. The van der Waals surface area contributed by atoms with Gasteiger partial charge in [-0.1, -0.05) is 11.6 Å². The molecule has 0 unspecified atom stereocenters. The lowest BCUT2D eigenvalue weighted by atomic mass is 10.4.